The summed E-state index contributed by atoms with van der Waals surface area (Å²) in [6.07, 6.45) is 1.64. The first-order valence-corrected chi connectivity index (χ1v) is 27.3. The minimum atomic E-state index is -1.47. The number of hydrogen-bond acceptors (Lipinski definition) is 17. The number of nitrogens with one attached hydrogen (secondary N) is 7. The molecule has 0 bridgehead atoms. The van der Waals surface area contributed by atoms with E-state index >= 15 is 0 Å². The molecule has 36 heteroatoms. The van der Waals surface area contributed by atoms with Gasteiger partial charge >= 0.3 is 0 Å². The van der Waals surface area contributed by atoms with Crippen LogP contribution in [0.2, 0.25) is 0 Å². The Balaban J connectivity index is 7.30. The number of unbranched alkanes of at least 4 members (excludes halogenated alkanes) is 2. The molecule has 0 aliphatic rings. The first kappa shape index (κ1) is 74.5. The Kier molecular flexibility index (Phi) is 38.8. The number of primary amides is 2. The highest BCUT2D eigenvalue weighted by Crippen LogP contribution is 2.11. The van der Waals surface area contributed by atoms with Crippen molar-refractivity contribution in [2.75, 3.05) is 45.8 Å². The molecule has 83 heavy (non-hydrogen) atoms. The molecule has 0 radical (unpaired) electrons. The fraction of sp³-hybridized carbons (Fsp3) is 0.702. The molecule has 0 aliphatic carbocycles. The lowest BCUT2D eigenvalue weighted by Gasteiger charge is -2.28. The maximum atomic E-state index is 14.5. The summed E-state index contributed by atoms with van der Waals surface area (Å²) >= 11 is 0. The van der Waals surface area contributed by atoms with E-state index in [-0.39, 0.29) is 166 Å². The lowest BCUT2D eigenvalue weighted by atomic mass is 10.0. The van der Waals surface area contributed by atoms with Crippen LogP contribution in [0.5, 0.6) is 0 Å². The lowest BCUT2D eigenvalue weighted by Crippen LogP contribution is -2.60. The first-order valence-electron chi connectivity index (χ1n) is 27.3. The van der Waals surface area contributed by atoms with Crippen LogP contribution in [0.3, 0.4) is 0 Å². The third kappa shape index (κ3) is 36.4. The average Bonchev–Trinajstić information content (AvgIpc) is 3.41. The summed E-state index contributed by atoms with van der Waals surface area (Å²) in [5, 5.41) is 18.4. The maximum absolute atomic E-state index is 14.5. The number of rotatable bonds is 46. The number of hydrogen-bond donors (Lipinski definition) is 22. The van der Waals surface area contributed by atoms with Gasteiger partial charge in [-0.2, -0.15) is 0 Å². The van der Waals surface area contributed by atoms with E-state index in [0.29, 0.717) is 25.7 Å². The highest BCUT2D eigenvalue weighted by atomic mass is 16.2. The van der Waals surface area contributed by atoms with E-state index in [1.807, 2.05) is 0 Å². The first-order chi connectivity index (χ1) is 39.2. The number of guanidine groups is 5. The van der Waals surface area contributed by atoms with Gasteiger partial charge in [0.15, 0.2) is 29.8 Å². The number of carbonyl (C=O) groups excluding carboxylic acids is 9. The highest BCUT2D eigenvalue weighted by Gasteiger charge is 2.34. The van der Waals surface area contributed by atoms with Gasteiger partial charge in [0.05, 0.1) is 6.04 Å². The zero-order valence-electron chi connectivity index (χ0n) is 47.4. The molecule has 36 nitrogen and oxygen atoms in total. The van der Waals surface area contributed by atoms with Crippen molar-refractivity contribution in [3.63, 3.8) is 0 Å². The molecule has 0 saturated heterocycles. The van der Waals surface area contributed by atoms with Crippen LogP contribution < -0.4 is 123 Å². The van der Waals surface area contributed by atoms with Crippen LogP contribution in [-0.2, 0) is 43.2 Å². The molecule has 0 unspecified atom stereocenters. The standard InChI is InChI=1S/C47H95N27O9/c48-19-3-1-10-28(69-36(77)26(50)17-18-34(51)75)38(79)70-29(11-2-4-20-49)39(80)72-31(14-7-23-65-45(57)58)41(82)74-33(16-9-25-67-47(61)62)42(83)73-32(15-8-24-66-46(59)60)40(81)71-30(13-6-22-64-44(55)56)37(78)68-27(35(52)76)12-5-21-63-43(53)54/h26-33H,1-25,48-50H2,(H2,51,75)(H2,52,76)(H,68,78)(H,69,77)(H,70,79)(H,71,81)(H,72,80)(H,73,83)(H,74,82)(H4,53,54,63)(H4,55,56,64)(H4,57,58,65)(H4,59,60,66)(H4,61,62,67)/t26-,27-,28-,29-,30-,31-,32-,33-/m0/s1. The van der Waals surface area contributed by atoms with E-state index in [1.54, 1.807) is 0 Å². The number of nitrogens with zero attached hydrogens (tertiary/aromatic N) is 5. The smallest absolute Gasteiger partial charge is 0.243 e. The van der Waals surface area contributed by atoms with Gasteiger partial charge in [0, 0.05) is 39.1 Å². The normalized spacial score (nSPS) is 13.6. The summed E-state index contributed by atoms with van der Waals surface area (Å²) in [7, 11) is 0. The molecular weight excluding hydrogens is 1090 g/mol. The third-order valence-electron chi connectivity index (χ3n) is 12.1. The van der Waals surface area contributed by atoms with Crippen molar-refractivity contribution in [2.24, 2.45) is 111 Å². The minimum Gasteiger partial charge on any atom is -0.370 e. The summed E-state index contributed by atoms with van der Waals surface area (Å²) in [6.45, 7) is 0.644. The second-order valence-electron chi connectivity index (χ2n) is 19.3. The number of amides is 9. The summed E-state index contributed by atoms with van der Waals surface area (Å²) in [5.41, 5.74) is 83.4. The van der Waals surface area contributed by atoms with Crippen molar-refractivity contribution in [3.05, 3.63) is 0 Å². The molecule has 0 fully saturated rings. The quantitative estimate of drug-likeness (QED) is 0.0153. The second-order valence-corrected chi connectivity index (χ2v) is 19.3. The van der Waals surface area contributed by atoms with Gasteiger partial charge in [-0.3, -0.25) is 68.1 Å². The largest absolute Gasteiger partial charge is 0.370 e. The van der Waals surface area contributed by atoms with Crippen LogP contribution in [0.1, 0.15) is 116 Å². The minimum absolute atomic E-state index is 0.000601. The van der Waals surface area contributed by atoms with Gasteiger partial charge in [-0.15, -0.1) is 0 Å². The van der Waals surface area contributed by atoms with E-state index in [2.05, 4.69) is 62.2 Å². The number of nitrogens with two attached hydrogens (primary N) is 15. The van der Waals surface area contributed by atoms with Crippen molar-refractivity contribution < 1.29 is 43.2 Å². The molecule has 0 aliphatic heterocycles. The molecule has 0 spiro atoms. The van der Waals surface area contributed by atoms with E-state index < -0.39 is 101 Å². The van der Waals surface area contributed by atoms with Crippen LogP contribution >= 0.6 is 0 Å². The van der Waals surface area contributed by atoms with E-state index in [9.17, 15) is 43.2 Å². The maximum Gasteiger partial charge on any atom is 0.243 e. The fourth-order valence-corrected chi connectivity index (χ4v) is 7.74. The number of aliphatic imine (C=N–C) groups is 5. The predicted molar refractivity (Wildman–Crippen MR) is 314 cm³/mol. The third-order valence-corrected chi connectivity index (χ3v) is 12.1. The molecule has 9 amide bonds. The second kappa shape index (κ2) is 43.2. The molecule has 37 N–H and O–H groups in total. The Morgan fingerprint density at radius 3 is 0.723 bits per heavy atom. The van der Waals surface area contributed by atoms with Gasteiger partial charge in [-0.05, 0) is 122 Å². The van der Waals surface area contributed by atoms with Crippen molar-refractivity contribution in [1.82, 2.24) is 37.2 Å². The molecule has 0 saturated carbocycles. The van der Waals surface area contributed by atoms with E-state index in [1.165, 1.54) is 0 Å². The molecule has 472 valence electrons. The summed E-state index contributed by atoms with van der Waals surface area (Å²) in [5.74, 6) is -8.64. The van der Waals surface area contributed by atoms with E-state index in [4.69, 9.17) is 86.0 Å². The van der Waals surface area contributed by atoms with Gasteiger partial charge in [0.1, 0.15) is 42.3 Å². The number of carbonyl (C=O) groups is 9. The van der Waals surface area contributed by atoms with Crippen molar-refractivity contribution >= 4 is 83.0 Å². The van der Waals surface area contributed by atoms with Crippen LogP contribution in [0.4, 0.5) is 0 Å². The molecule has 0 rings (SSSR count). The Morgan fingerprint density at radius 2 is 0.506 bits per heavy atom. The SMILES string of the molecule is NCCCC[C@H](NC(=O)[C@H](CCCCN)NC(=O)[C@@H](N)CCC(N)=O)C(=O)N[C@@H](CCCN=C(N)N)C(=O)N[C@@H](CCCN=C(N)N)C(=O)N[C@@H](CCCN=C(N)N)C(=O)N[C@@H](CCCN=C(N)N)C(=O)N[C@@H](CCCN=C(N)N)C(N)=O. The lowest BCUT2D eigenvalue weighted by molar-refractivity contribution is -0.136. The topological polar surface area (TPSA) is 690 Å². The van der Waals surface area contributed by atoms with E-state index in [0.717, 1.165) is 0 Å². The zero-order valence-corrected chi connectivity index (χ0v) is 47.4. The predicted octanol–water partition coefficient (Wildman–Crippen LogP) is -10.0. The van der Waals surface area contributed by atoms with Crippen LogP contribution in [-0.4, -0.2) is 177 Å². The van der Waals surface area contributed by atoms with Crippen LogP contribution in [0.15, 0.2) is 25.0 Å². The van der Waals surface area contributed by atoms with Gasteiger partial charge in [-0.25, -0.2) is 0 Å². The van der Waals surface area contributed by atoms with Crippen LogP contribution in [0.25, 0.3) is 0 Å². The van der Waals surface area contributed by atoms with Crippen molar-refractivity contribution in [1.29, 1.82) is 0 Å². The summed E-state index contributed by atoms with van der Waals surface area (Å²) in [6, 6.07) is -10.7. The van der Waals surface area contributed by atoms with Crippen LogP contribution in [0, 0.1) is 0 Å². The summed E-state index contributed by atoms with van der Waals surface area (Å²) in [4.78, 5) is 142. The van der Waals surface area contributed by atoms with Gasteiger partial charge in [-0.1, -0.05) is 0 Å². The summed E-state index contributed by atoms with van der Waals surface area (Å²) < 4.78 is 0. The Labute approximate surface area is 482 Å². The average molecular weight is 1180 g/mol. The van der Waals surface area contributed by atoms with Gasteiger partial charge in [0.2, 0.25) is 53.2 Å². The Hall–Kier alpha value is -8.54. The monoisotopic (exact) mass is 1180 g/mol. The van der Waals surface area contributed by atoms with Crippen molar-refractivity contribution in [3.8, 4) is 0 Å². The molecule has 0 aromatic heterocycles. The molecule has 0 aromatic carbocycles. The highest BCUT2D eigenvalue weighted by molar-refractivity contribution is 5.98. The Bertz CT molecular complexity index is 2190. The molecule has 0 aromatic rings. The fourth-order valence-electron chi connectivity index (χ4n) is 7.74. The van der Waals surface area contributed by atoms with Gasteiger partial charge < -0.3 is 123 Å². The Morgan fingerprint density at radius 1 is 0.289 bits per heavy atom. The molecule has 8 atom stereocenters. The molecular formula is C47H95N27O9. The zero-order chi connectivity index (χ0) is 62.9. The molecule has 0 heterocycles. The van der Waals surface area contributed by atoms with Crippen molar-refractivity contribution in [2.45, 2.75) is 164 Å². The van der Waals surface area contributed by atoms with Gasteiger partial charge in [0.25, 0.3) is 0 Å².